The summed E-state index contributed by atoms with van der Waals surface area (Å²) in [5.41, 5.74) is 0. The molecular weight excluding hydrogens is 154 g/mol. The van der Waals surface area contributed by atoms with Gasteiger partial charge in [-0.05, 0) is 34.6 Å². The zero-order valence-corrected chi connectivity index (χ0v) is 8.37. The van der Waals surface area contributed by atoms with Gasteiger partial charge in [0.05, 0.1) is 6.17 Å². The lowest BCUT2D eigenvalue weighted by atomic mass is 10.3. The lowest BCUT2D eigenvalue weighted by molar-refractivity contribution is -0.109. The van der Waals surface area contributed by atoms with Gasteiger partial charge in [-0.3, -0.25) is 14.6 Å². The maximum Gasteiger partial charge on any atom is 0.207 e. The molecule has 0 rings (SSSR count). The number of carbonyl (C=O) groups is 1. The summed E-state index contributed by atoms with van der Waals surface area (Å²) in [4.78, 5) is 14.3. The minimum atomic E-state index is 0.387. The van der Waals surface area contributed by atoms with Crippen molar-refractivity contribution in [3.05, 3.63) is 0 Å². The lowest BCUT2D eigenvalue weighted by Gasteiger charge is -2.30. The van der Waals surface area contributed by atoms with Crippen LogP contribution in [0.25, 0.3) is 0 Å². The summed E-state index contributed by atoms with van der Waals surface area (Å²) in [6.45, 7) is 0.727. The summed E-state index contributed by atoms with van der Waals surface area (Å²) >= 11 is 0. The van der Waals surface area contributed by atoms with Gasteiger partial charge in [-0.15, -0.1) is 0 Å². The minimum absolute atomic E-state index is 0.387. The van der Waals surface area contributed by atoms with Crippen molar-refractivity contribution in [2.75, 3.05) is 34.7 Å². The predicted molar refractivity (Wildman–Crippen MR) is 49.8 cm³/mol. The molecule has 1 amide bonds. The molecule has 0 fully saturated rings. The molecular formula is C8H19N3O. The summed E-state index contributed by atoms with van der Waals surface area (Å²) in [5, 5.41) is 2.65. The molecule has 0 aromatic rings. The summed E-state index contributed by atoms with van der Waals surface area (Å²) in [6, 6.07) is 0. The third-order valence-corrected chi connectivity index (χ3v) is 1.82. The van der Waals surface area contributed by atoms with Crippen molar-refractivity contribution in [2.45, 2.75) is 12.6 Å². The van der Waals surface area contributed by atoms with Gasteiger partial charge in [-0.2, -0.15) is 0 Å². The van der Waals surface area contributed by atoms with Crippen molar-refractivity contribution in [3.8, 4) is 0 Å². The molecule has 0 aromatic carbocycles. The third-order valence-electron chi connectivity index (χ3n) is 1.82. The molecule has 4 heteroatoms. The van der Waals surface area contributed by atoms with Crippen LogP contribution in [0.4, 0.5) is 0 Å². The van der Waals surface area contributed by atoms with E-state index < -0.39 is 0 Å². The molecule has 72 valence electrons. The fourth-order valence-corrected chi connectivity index (χ4v) is 1.25. The van der Waals surface area contributed by atoms with Gasteiger partial charge in [0, 0.05) is 6.54 Å². The van der Waals surface area contributed by atoms with E-state index in [2.05, 4.69) is 15.1 Å². The Bertz CT molecular complexity index is 117. The Morgan fingerprint density at radius 1 is 1.25 bits per heavy atom. The topological polar surface area (TPSA) is 35.6 Å². The van der Waals surface area contributed by atoms with Crippen molar-refractivity contribution in [2.24, 2.45) is 0 Å². The maximum absolute atomic E-state index is 9.99. The van der Waals surface area contributed by atoms with Crippen molar-refractivity contribution < 1.29 is 4.79 Å². The van der Waals surface area contributed by atoms with E-state index >= 15 is 0 Å². The van der Waals surface area contributed by atoms with Crippen LogP contribution >= 0.6 is 0 Å². The highest BCUT2D eigenvalue weighted by Gasteiger charge is 2.12. The number of nitrogens with one attached hydrogen (secondary N) is 1. The van der Waals surface area contributed by atoms with E-state index in [1.54, 1.807) is 0 Å². The Morgan fingerprint density at radius 3 is 2.08 bits per heavy atom. The van der Waals surface area contributed by atoms with Crippen molar-refractivity contribution in [1.29, 1.82) is 0 Å². The van der Waals surface area contributed by atoms with Crippen LogP contribution in [0.3, 0.4) is 0 Å². The zero-order valence-electron chi connectivity index (χ0n) is 8.37. The highest BCUT2D eigenvalue weighted by molar-refractivity contribution is 5.45. The number of rotatable bonds is 6. The lowest BCUT2D eigenvalue weighted by Crippen LogP contribution is -2.42. The summed E-state index contributed by atoms with van der Waals surface area (Å²) < 4.78 is 0. The fourth-order valence-electron chi connectivity index (χ4n) is 1.25. The van der Waals surface area contributed by atoms with Crippen LogP contribution in [0, 0.1) is 0 Å². The van der Waals surface area contributed by atoms with E-state index in [1.807, 2.05) is 28.2 Å². The van der Waals surface area contributed by atoms with Gasteiger partial charge in [0.1, 0.15) is 0 Å². The average Bonchev–Trinajstić information content (AvgIpc) is 1.96. The second-order valence-electron chi connectivity index (χ2n) is 3.27. The summed E-state index contributed by atoms with van der Waals surface area (Å²) in [7, 11) is 8.13. The third kappa shape index (κ3) is 4.31. The van der Waals surface area contributed by atoms with E-state index in [9.17, 15) is 4.79 Å². The van der Waals surface area contributed by atoms with Gasteiger partial charge in [-0.1, -0.05) is 0 Å². The number of nitrogens with zero attached hydrogens (tertiary/aromatic N) is 2. The first-order chi connectivity index (χ1) is 5.59. The Kier molecular flexibility index (Phi) is 5.66. The van der Waals surface area contributed by atoms with E-state index in [-0.39, 0.29) is 0 Å². The number of hydrogen-bond acceptors (Lipinski definition) is 3. The van der Waals surface area contributed by atoms with Gasteiger partial charge in [0.2, 0.25) is 6.41 Å². The second kappa shape index (κ2) is 5.97. The molecule has 0 aliphatic carbocycles. The minimum Gasteiger partial charge on any atom is -0.359 e. The van der Waals surface area contributed by atoms with Gasteiger partial charge < -0.3 is 5.32 Å². The predicted octanol–water partition coefficient (Wildman–Crippen LogP) is -0.428. The molecule has 0 heterocycles. The van der Waals surface area contributed by atoms with Crippen LogP contribution in [-0.2, 0) is 4.79 Å². The molecule has 0 spiro atoms. The Morgan fingerprint density at radius 2 is 1.75 bits per heavy atom. The van der Waals surface area contributed by atoms with E-state index in [1.165, 1.54) is 0 Å². The zero-order chi connectivity index (χ0) is 9.56. The summed E-state index contributed by atoms with van der Waals surface area (Å²) in [6.07, 6.45) is 2.07. The molecule has 1 N–H and O–H groups in total. The van der Waals surface area contributed by atoms with Crippen LogP contribution in [0.5, 0.6) is 0 Å². The Hall–Kier alpha value is -0.610. The van der Waals surface area contributed by atoms with Crippen LogP contribution < -0.4 is 5.32 Å². The van der Waals surface area contributed by atoms with Crippen molar-refractivity contribution in [1.82, 2.24) is 15.1 Å². The first-order valence-electron chi connectivity index (χ1n) is 4.09. The van der Waals surface area contributed by atoms with Crippen LogP contribution in [-0.4, -0.2) is 57.1 Å². The molecule has 0 aliphatic heterocycles. The molecule has 0 atom stereocenters. The highest BCUT2D eigenvalue weighted by Crippen LogP contribution is 2.00. The maximum atomic E-state index is 9.99. The van der Waals surface area contributed by atoms with Gasteiger partial charge >= 0.3 is 0 Å². The number of amides is 1. The van der Waals surface area contributed by atoms with Crippen molar-refractivity contribution >= 4 is 6.41 Å². The average molecular weight is 173 g/mol. The normalized spacial score (nSPS) is 11.2. The van der Waals surface area contributed by atoms with E-state index in [4.69, 9.17) is 0 Å². The quantitative estimate of drug-likeness (QED) is 0.336. The molecule has 0 saturated heterocycles. The van der Waals surface area contributed by atoms with Crippen LogP contribution in [0.1, 0.15) is 6.42 Å². The van der Waals surface area contributed by atoms with E-state index in [0.29, 0.717) is 6.17 Å². The fraction of sp³-hybridized carbons (Fsp3) is 0.875. The monoisotopic (exact) mass is 173 g/mol. The molecule has 0 bridgehead atoms. The first-order valence-corrected chi connectivity index (χ1v) is 4.09. The molecule has 0 aromatic heterocycles. The van der Waals surface area contributed by atoms with E-state index in [0.717, 1.165) is 19.4 Å². The van der Waals surface area contributed by atoms with Gasteiger partial charge in [-0.25, -0.2) is 0 Å². The SMILES string of the molecule is CN(C)C(CCNC=O)N(C)C. The molecule has 0 radical (unpaired) electrons. The molecule has 4 nitrogen and oxygen atoms in total. The number of hydrogen-bond donors (Lipinski definition) is 1. The Labute approximate surface area is 74.5 Å². The molecule has 12 heavy (non-hydrogen) atoms. The van der Waals surface area contributed by atoms with Gasteiger partial charge in [0.15, 0.2) is 0 Å². The molecule has 0 unspecified atom stereocenters. The van der Waals surface area contributed by atoms with Crippen LogP contribution in [0.15, 0.2) is 0 Å². The smallest absolute Gasteiger partial charge is 0.207 e. The standard InChI is InChI=1S/C8H19N3O/c1-10(2)8(11(3)4)5-6-9-7-12/h7-8H,5-6H2,1-4H3,(H,9,12). The first kappa shape index (κ1) is 11.4. The highest BCUT2D eigenvalue weighted by atomic mass is 16.1. The largest absolute Gasteiger partial charge is 0.359 e. The van der Waals surface area contributed by atoms with Crippen molar-refractivity contribution in [3.63, 3.8) is 0 Å². The second-order valence-corrected chi connectivity index (χ2v) is 3.27. The molecule has 0 saturated carbocycles. The van der Waals surface area contributed by atoms with Crippen LogP contribution in [0.2, 0.25) is 0 Å². The molecule has 0 aliphatic rings. The van der Waals surface area contributed by atoms with Gasteiger partial charge in [0.25, 0.3) is 0 Å². The Balaban J connectivity index is 3.71. The number of carbonyl (C=O) groups excluding carboxylic acids is 1. The summed E-state index contributed by atoms with van der Waals surface area (Å²) in [5.74, 6) is 0.